The number of pyridine rings is 1. The monoisotopic (exact) mass is 641 g/mol. The lowest BCUT2D eigenvalue weighted by Gasteiger charge is -2.16. The highest BCUT2D eigenvalue weighted by atomic mass is 35.5. The molecule has 0 bridgehead atoms. The van der Waals surface area contributed by atoms with E-state index in [9.17, 15) is 22.4 Å². The third-order valence-electron chi connectivity index (χ3n) is 6.55. The topological polar surface area (TPSA) is 76.1 Å². The average molecular weight is 642 g/mol. The number of ether oxygens (including phenoxy) is 5. The molecule has 2 fully saturated rings. The quantitative estimate of drug-likeness (QED) is 0.0992. The Labute approximate surface area is 254 Å². The zero-order chi connectivity index (χ0) is 30.5. The van der Waals surface area contributed by atoms with Crippen LogP contribution < -0.4 is 18.9 Å². The van der Waals surface area contributed by atoms with Gasteiger partial charge in [-0.1, -0.05) is 23.2 Å². The van der Waals surface area contributed by atoms with Crippen LogP contribution in [0.4, 0.5) is 17.6 Å². The van der Waals surface area contributed by atoms with Crippen LogP contribution in [-0.4, -0.2) is 37.4 Å². The molecule has 1 heterocycles. The van der Waals surface area contributed by atoms with Gasteiger partial charge in [-0.15, -0.1) is 0 Å². The third-order valence-corrected chi connectivity index (χ3v) is 7.15. The maximum atomic E-state index is 13.4. The minimum absolute atomic E-state index is 0.0165. The zero-order valence-electron chi connectivity index (χ0n) is 22.4. The first-order valence-electron chi connectivity index (χ1n) is 13.3. The second kappa shape index (κ2) is 13.7. The molecule has 5 rings (SSSR count). The van der Waals surface area contributed by atoms with Gasteiger partial charge in [0, 0.05) is 23.5 Å². The molecule has 2 aliphatic rings. The van der Waals surface area contributed by atoms with Crippen LogP contribution in [0, 0.1) is 11.8 Å². The Bertz CT molecular complexity index is 1480. The molecule has 2 aliphatic carbocycles. The fourth-order valence-electron chi connectivity index (χ4n) is 3.91. The van der Waals surface area contributed by atoms with Crippen LogP contribution >= 0.6 is 23.2 Å². The van der Waals surface area contributed by atoms with Gasteiger partial charge in [0.1, 0.15) is 5.76 Å². The first kappa shape index (κ1) is 30.7. The van der Waals surface area contributed by atoms with E-state index in [0.717, 1.165) is 25.7 Å². The van der Waals surface area contributed by atoms with Crippen molar-refractivity contribution < 1.29 is 46.0 Å². The minimum Gasteiger partial charge on any atom is -0.489 e. The maximum Gasteiger partial charge on any atom is 0.387 e. The zero-order valence-corrected chi connectivity index (χ0v) is 23.9. The lowest BCUT2D eigenvalue weighted by atomic mass is 10.1. The van der Waals surface area contributed by atoms with Crippen LogP contribution in [0.1, 0.15) is 47.2 Å². The third kappa shape index (κ3) is 8.67. The van der Waals surface area contributed by atoms with Gasteiger partial charge in [0.15, 0.2) is 23.0 Å². The van der Waals surface area contributed by atoms with E-state index < -0.39 is 19.2 Å². The highest BCUT2D eigenvalue weighted by Crippen LogP contribution is 2.38. The summed E-state index contributed by atoms with van der Waals surface area (Å²) in [4.78, 5) is 17.3. The molecular weight excluding hydrogens is 617 g/mol. The summed E-state index contributed by atoms with van der Waals surface area (Å²) in [7, 11) is 0. The standard InChI is InChI=1S/C30H25Cl2F4NO6/c31-21-12-37-13-22(32)20(21)11-25(18-5-7-23(42-29(33)34)26(9-18)39-14-16-1-2-16)41-28(38)19-6-8-24(43-30(35)36)27(10-19)40-15-17-3-4-17/h5-13,16-17,29-30H,1-4,14-15H2/b25-11-. The summed E-state index contributed by atoms with van der Waals surface area (Å²) in [5.74, 6) is -0.817. The minimum atomic E-state index is -3.10. The van der Waals surface area contributed by atoms with Gasteiger partial charge in [-0.05, 0) is 80.0 Å². The maximum absolute atomic E-state index is 13.4. The number of esters is 1. The van der Waals surface area contributed by atoms with Crippen molar-refractivity contribution in [2.75, 3.05) is 13.2 Å². The Morgan fingerprint density at radius 2 is 1.28 bits per heavy atom. The molecule has 7 nitrogen and oxygen atoms in total. The number of aromatic nitrogens is 1. The molecule has 0 radical (unpaired) electrons. The first-order valence-corrected chi connectivity index (χ1v) is 14.1. The molecule has 0 atom stereocenters. The largest absolute Gasteiger partial charge is 0.489 e. The van der Waals surface area contributed by atoms with Crippen LogP contribution in [-0.2, 0) is 4.74 Å². The van der Waals surface area contributed by atoms with E-state index in [1.165, 1.54) is 54.9 Å². The van der Waals surface area contributed by atoms with E-state index in [2.05, 4.69) is 14.5 Å². The predicted molar refractivity (Wildman–Crippen MR) is 150 cm³/mol. The summed E-state index contributed by atoms with van der Waals surface area (Å²) < 4.78 is 78.5. The fraction of sp³-hybridized carbons (Fsp3) is 0.333. The van der Waals surface area contributed by atoms with Gasteiger partial charge in [0.25, 0.3) is 0 Å². The van der Waals surface area contributed by atoms with Gasteiger partial charge in [-0.25, -0.2) is 4.79 Å². The number of carbonyl (C=O) groups is 1. The van der Waals surface area contributed by atoms with Gasteiger partial charge < -0.3 is 23.7 Å². The molecule has 0 spiro atoms. The molecule has 0 amide bonds. The molecule has 1 aromatic heterocycles. The summed E-state index contributed by atoms with van der Waals surface area (Å²) in [6.45, 7) is -5.62. The number of nitrogens with zero attached hydrogens (tertiary/aromatic N) is 1. The highest BCUT2D eigenvalue weighted by molar-refractivity contribution is 6.37. The van der Waals surface area contributed by atoms with Crippen molar-refractivity contribution in [1.82, 2.24) is 4.98 Å². The van der Waals surface area contributed by atoms with E-state index in [0.29, 0.717) is 18.4 Å². The normalized spacial score (nSPS) is 15.0. The molecule has 228 valence electrons. The Hall–Kier alpha value is -3.70. The average Bonchev–Trinajstić information content (AvgIpc) is 3.88. The number of rotatable bonds is 14. The number of alkyl halides is 4. The summed E-state index contributed by atoms with van der Waals surface area (Å²) >= 11 is 12.6. The Morgan fingerprint density at radius 1 is 0.791 bits per heavy atom. The van der Waals surface area contributed by atoms with Crippen molar-refractivity contribution in [2.45, 2.75) is 38.9 Å². The predicted octanol–water partition coefficient (Wildman–Crippen LogP) is 8.52. The van der Waals surface area contributed by atoms with E-state index in [1.807, 2.05) is 0 Å². The smallest absolute Gasteiger partial charge is 0.387 e. The van der Waals surface area contributed by atoms with Crippen molar-refractivity contribution in [2.24, 2.45) is 11.8 Å². The van der Waals surface area contributed by atoms with Crippen molar-refractivity contribution in [3.63, 3.8) is 0 Å². The Kier molecular flexibility index (Phi) is 9.82. The molecule has 0 unspecified atom stereocenters. The fourth-order valence-corrected chi connectivity index (χ4v) is 4.39. The number of hydrogen-bond acceptors (Lipinski definition) is 7. The van der Waals surface area contributed by atoms with Crippen LogP contribution in [0.3, 0.4) is 0 Å². The van der Waals surface area contributed by atoms with Gasteiger partial charge in [0.2, 0.25) is 0 Å². The Morgan fingerprint density at radius 3 is 1.77 bits per heavy atom. The number of hydrogen-bond donors (Lipinski definition) is 0. The molecule has 43 heavy (non-hydrogen) atoms. The molecule has 0 aliphatic heterocycles. The number of halogens is 6. The van der Waals surface area contributed by atoms with Gasteiger partial charge in [0.05, 0.1) is 28.8 Å². The molecule has 2 aromatic carbocycles. The van der Waals surface area contributed by atoms with Crippen LogP contribution in [0.25, 0.3) is 11.8 Å². The summed E-state index contributed by atoms with van der Waals surface area (Å²) in [6.07, 6.45) is 7.89. The number of carbonyl (C=O) groups excluding carboxylic acids is 1. The SMILES string of the molecule is O=C(O/C(=C\c1c(Cl)cncc1Cl)c1ccc(OC(F)F)c(OCC2CC2)c1)c1ccc(OC(F)F)c(OCC2CC2)c1. The van der Waals surface area contributed by atoms with Crippen molar-refractivity contribution >= 4 is 41.0 Å². The summed E-state index contributed by atoms with van der Waals surface area (Å²) in [5.41, 5.74) is 0.476. The first-order chi connectivity index (χ1) is 20.7. The van der Waals surface area contributed by atoms with E-state index >= 15 is 0 Å². The molecular formula is C30H25Cl2F4NO6. The molecule has 3 aromatic rings. The van der Waals surface area contributed by atoms with E-state index in [1.54, 1.807) is 0 Å². The molecule has 0 N–H and O–H groups in total. The second-order valence-corrected chi connectivity index (χ2v) is 10.8. The van der Waals surface area contributed by atoms with E-state index in [-0.39, 0.29) is 62.1 Å². The van der Waals surface area contributed by atoms with Gasteiger partial charge >= 0.3 is 19.2 Å². The second-order valence-electron chi connectivity index (χ2n) is 10.0. The van der Waals surface area contributed by atoms with Crippen molar-refractivity contribution in [3.05, 3.63) is 75.5 Å². The molecule has 0 saturated heterocycles. The number of benzene rings is 2. The van der Waals surface area contributed by atoms with Gasteiger partial charge in [-0.3, -0.25) is 4.98 Å². The highest BCUT2D eigenvalue weighted by Gasteiger charge is 2.26. The summed E-state index contributed by atoms with van der Waals surface area (Å²) in [6, 6.07) is 7.74. The van der Waals surface area contributed by atoms with Crippen molar-refractivity contribution in [1.29, 1.82) is 0 Å². The van der Waals surface area contributed by atoms with Crippen LogP contribution in [0.15, 0.2) is 48.8 Å². The van der Waals surface area contributed by atoms with Crippen LogP contribution in [0.5, 0.6) is 23.0 Å². The molecule has 13 heteroatoms. The van der Waals surface area contributed by atoms with Crippen molar-refractivity contribution in [3.8, 4) is 23.0 Å². The van der Waals surface area contributed by atoms with Gasteiger partial charge in [-0.2, -0.15) is 17.6 Å². The van der Waals surface area contributed by atoms with Crippen LogP contribution in [0.2, 0.25) is 10.0 Å². The molecule has 2 saturated carbocycles. The summed E-state index contributed by atoms with van der Waals surface area (Å²) in [5, 5.41) is 0.293. The lowest BCUT2D eigenvalue weighted by molar-refractivity contribution is -0.0521. The van der Waals surface area contributed by atoms with E-state index in [4.69, 9.17) is 37.4 Å². The lowest BCUT2D eigenvalue weighted by Crippen LogP contribution is -2.10. The Balaban J connectivity index is 1.49.